The van der Waals surface area contributed by atoms with Crippen molar-refractivity contribution in [1.29, 1.82) is 0 Å². The number of ether oxygens (including phenoxy) is 1. The summed E-state index contributed by atoms with van der Waals surface area (Å²) in [5.41, 5.74) is 6.66. The molecule has 0 heterocycles. The third kappa shape index (κ3) is 3.75. The highest BCUT2D eigenvalue weighted by molar-refractivity contribution is 7.80. The van der Waals surface area contributed by atoms with Crippen LogP contribution in [0.5, 0.6) is 5.75 Å². The Labute approximate surface area is 90.1 Å². The van der Waals surface area contributed by atoms with Gasteiger partial charge in [-0.25, -0.2) is 0 Å². The second-order valence-corrected chi connectivity index (χ2v) is 3.57. The van der Waals surface area contributed by atoms with Crippen LogP contribution in [0.15, 0.2) is 24.3 Å². The van der Waals surface area contributed by atoms with Gasteiger partial charge in [-0.1, -0.05) is 24.4 Å². The van der Waals surface area contributed by atoms with Crippen molar-refractivity contribution >= 4 is 17.2 Å². The van der Waals surface area contributed by atoms with Crippen LogP contribution < -0.4 is 10.5 Å². The van der Waals surface area contributed by atoms with Crippen LogP contribution in [0.2, 0.25) is 0 Å². The maximum atomic E-state index is 5.42. The van der Waals surface area contributed by atoms with Gasteiger partial charge in [0.05, 0.1) is 11.6 Å². The van der Waals surface area contributed by atoms with Gasteiger partial charge in [0.2, 0.25) is 0 Å². The summed E-state index contributed by atoms with van der Waals surface area (Å²) in [5.74, 6) is 0.909. The molecule has 0 spiro atoms. The Morgan fingerprint density at radius 2 is 2.00 bits per heavy atom. The van der Waals surface area contributed by atoms with Gasteiger partial charge in [0.25, 0.3) is 0 Å². The maximum absolute atomic E-state index is 5.42. The molecule has 1 aromatic rings. The number of benzene rings is 1. The van der Waals surface area contributed by atoms with Gasteiger partial charge < -0.3 is 10.5 Å². The van der Waals surface area contributed by atoms with E-state index in [4.69, 9.17) is 22.7 Å². The topological polar surface area (TPSA) is 35.2 Å². The molecule has 2 nitrogen and oxygen atoms in total. The smallest absolute Gasteiger partial charge is 0.119 e. The molecule has 1 aromatic carbocycles. The summed E-state index contributed by atoms with van der Waals surface area (Å²) >= 11 is 4.82. The first kappa shape index (κ1) is 11.0. The Balaban J connectivity index is 2.50. The average Bonchev–Trinajstić information content (AvgIpc) is 2.17. The van der Waals surface area contributed by atoms with Crippen molar-refractivity contribution in [2.45, 2.75) is 19.8 Å². The summed E-state index contributed by atoms with van der Waals surface area (Å²) in [6.45, 7) is 2.67. The second kappa shape index (κ2) is 5.60. The van der Waals surface area contributed by atoms with E-state index in [0.29, 0.717) is 11.6 Å². The van der Waals surface area contributed by atoms with E-state index < -0.39 is 0 Å². The van der Waals surface area contributed by atoms with Crippen molar-refractivity contribution in [2.24, 2.45) is 5.73 Å². The van der Waals surface area contributed by atoms with Crippen LogP contribution in [-0.2, 0) is 6.42 Å². The number of thiocarbonyl (C=S) groups is 1. The van der Waals surface area contributed by atoms with Crippen LogP contribution in [0.4, 0.5) is 0 Å². The predicted octanol–water partition coefficient (Wildman–Crippen LogP) is 2.30. The Hall–Kier alpha value is -1.09. The molecular formula is C11H15NOS. The highest BCUT2D eigenvalue weighted by atomic mass is 32.1. The molecule has 1 rings (SSSR count). The minimum atomic E-state index is 0.568. The number of nitrogens with two attached hydrogens (primary N) is 1. The highest BCUT2D eigenvalue weighted by Crippen LogP contribution is 2.13. The van der Waals surface area contributed by atoms with Crippen LogP contribution >= 0.6 is 12.2 Å². The van der Waals surface area contributed by atoms with Crippen LogP contribution in [0, 0.1) is 0 Å². The Morgan fingerprint density at radius 1 is 1.36 bits per heavy atom. The quantitative estimate of drug-likeness (QED) is 0.756. The van der Waals surface area contributed by atoms with Crippen LogP contribution in [0.3, 0.4) is 0 Å². The average molecular weight is 209 g/mol. The van der Waals surface area contributed by atoms with Gasteiger partial charge in [0.15, 0.2) is 0 Å². The molecule has 3 heteroatoms. The van der Waals surface area contributed by atoms with Gasteiger partial charge in [-0.15, -0.1) is 0 Å². The molecule has 0 atom stereocenters. The molecule has 0 unspecified atom stereocenters. The summed E-state index contributed by atoms with van der Waals surface area (Å²) in [6.07, 6.45) is 1.67. The molecule has 0 saturated heterocycles. The maximum Gasteiger partial charge on any atom is 0.119 e. The number of aryl methyl sites for hydroxylation is 1. The van der Waals surface area contributed by atoms with Gasteiger partial charge in [-0.05, 0) is 31.0 Å². The van der Waals surface area contributed by atoms with Gasteiger partial charge in [0, 0.05) is 6.42 Å². The van der Waals surface area contributed by atoms with E-state index in [1.54, 1.807) is 0 Å². The fourth-order valence-corrected chi connectivity index (χ4v) is 1.29. The Morgan fingerprint density at radius 3 is 2.50 bits per heavy atom. The first-order valence-electron chi connectivity index (χ1n) is 4.72. The zero-order chi connectivity index (χ0) is 10.4. The summed E-state index contributed by atoms with van der Waals surface area (Å²) in [7, 11) is 0. The van der Waals surface area contributed by atoms with E-state index in [1.807, 2.05) is 31.2 Å². The first-order chi connectivity index (χ1) is 6.72. The molecule has 0 bridgehead atoms. The molecule has 0 radical (unpaired) electrons. The van der Waals surface area contributed by atoms with Crippen molar-refractivity contribution in [1.82, 2.24) is 0 Å². The standard InChI is InChI=1S/C11H15NOS/c1-2-13-10-6-3-9(4-7-10)5-8-11(12)14/h3-4,6-7H,2,5,8H2,1H3,(H2,12,14). The molecule has 14 heavy (non-hydrogen) atoms. The van der Waals surface area contributed by atoms with E-state index in [2.05, 4.69) is 0 Å². The van der Waals surface area contributed by atoms with Gasteiger partial charge >= 0.3 is 0 Å². The predicted molar refractivity (Wildman–Crippen MR) is 62.7 cm³/mol. The lowest BCUT2D eigenvalue weighted by Crippen LogP contribution is -2.08. The van der Waals surface area contributed by atoms with Crippen molar-refractivity contribution in [3.63, 3.8) is 0 Å². The number of hydrogen-bond acceptors (Lipinski definition) is 2. The number of hydrogen-bond donors (Lipinski definition) is 1. The summed E-state index contributed by atoms with van der Waals surface area (Å²) in [6, 6.07) is 8.03. The molecule has 0 aliphatic rings. The molecule has 0 saturated carbocycles. The first-order valence-corrected chi connectivity index (χ1v) is 5.13. The van der Waals surface area contributed by atoms with Crippen molar-refractivity contribution in [3.8, 4) is 5.75 Å². The van der Waals surface area contributed by atoms with Crippen LogP contribution in [-0.4, -0.2) is 11.6 Å². The van der Waals surface area contributed by atoms with Gasteiger partial charge in [0.1, 0.15) is 5.75 Å². The van der Waals surface area contributed by atoms with Gasteiger partial charge in [-0.2, -0.15) is 0 Å². The van der Waals surface area contributed by atoms with Crippen LogP contribution in [0.25, 0.3) is 0 Å². The Bertz CT molecular complexity index is 295. The van der Waals surface area contributed by atoms with Crippen molar-refractivity contribution in [2.75, 3.05) is 6.61 Å². The molecule has 0 fully saturated rings. The third-order valence-electron chi connectivity index (χ3n) is 1.89. The largest absolute Gasteiger partial charge is 0.494 e. The lowest BCUT2D eigenvalue weighted by molar-refractivity contribution is 0.340. The monoisotopic (exact) mass is 209 g/mol. The van der Waals surface area contributed by atoms with E-state index in [0.717, 1.165) is 18.6 Å². The SMILES string of the molecule is CCOc1ccc(CCC(N)=S)cc1. The zero-order valence-corrected chi connectivity index (χ0v) is 9.14. The minimum absolute atomic E-state index is 0.568. The summed E-state index contributed by atoms with van der Waals surface area (Å²) in [5, 5.41) is 0. The van der Waals surface area contributed by atoms with Crippen molar-refractivity contribution in [3.05, 3.63) is 29.8 Å². The van der Waals surface area contributed by atoms with Crippen molar-refractivity contribution < 1.29 is 4.74 Å². The van der Waals surface area contributed by atoms with E-state index >= 15 is 0 Å². The third-order valence-corrected chi connectivity index (χ3v) is 2.10. The summed E-state index contributed by atoms with van der Waals surface area (Å²) < 4.78 is 5.34. The fourth-order valence-electron chi connectivity index (χ4n) is 1.19. The van der Waals surface area contributed by atoms with E-state index in [1.165, 1.54) is 5.56 Å². The summed E-state index contributed by atoms with van der Waals surface area (Å²) in [4.78, 5) is 0.568. The van der Waals surface area contributed by atoms with E-state index in [-0.39, 0.29) is 0 Å². The van der Waals surface area contributed by atoms with Gasteiger partial charge in [-0.3, -0.25) is 0 Å². The zero-order valence-electron chi connectivity index (χ0n) is 8.32. The molecule has 76 valence electrons. The minimum Gasteiger partial charge on any atom is -0.494 e. The molecule has 0 aromatic heterocycles. The normalized spacial score (nSPS) is 9.79. The van der Waals surface area contributed by atoms with E-state index in [9.17, 15) is 0 Å². The molecule has 2 N–H and O–H groups in total. The molecule has 0 aliphatic carbocycles. The Kier molecular flexibility index (Phi) is 4.40. The lowest BCUT2D eigenvalue weighted by Gasteiger charge is -2.04. The van der Waals surface area contributed by atoms with Crippen LogP contribution in [0.1, 0.15) is 18.9 Å². The molecule has 0 aliphatic heterocycles. The molecule has 0 amide bonds. The number of rotatable bonds is 5. The highest BCUT2D eigenvalue weighted by Gasteiger charge is 1.96. The second-order valence-electron chi connectivity index (χ2n) is 3.04. The fraction of sp³-hybridized carbons (Fsp3) is 0.364. The lowest BCUT2D eigenvalue weighted by atomic mass is 10.1. The molecular weight excluding hydrogens is 194 g/mol.